The zero-order valence-electron chi connectivity index (χ0n) is 16.8. The number of hydrogen-bond donors (Lipinski definition) is 1. The topological polar surface area (TPSA) is 76.8 Å². The third-order valence-electron chi connectivity index (χ3n) is 7.18. The van der Waals surface area contributed by atoms with Gasteiger partial charge < -0.3 is 24.0 Å². The maximum Gasteiger partial charge on any atom is 0.407 e. The van der Waals surface area contributed by atoms with Crippen molar-refractivity contribution >= 4 is 28.6 Å². The van der Waals surface area contributed by atoms with Crippen LogP contribution < -0.4 is 0 Å². The maximum atomic E-state index is 15.2. The molecular weight excluding hydrogens is 425 g/mol. The van der Waals surface area contributed by atoms with Crippen LogP contribution in [-0.2, 0) is 16.1 Å². The van der Waals surface area contributed by atoms with E-state index in [4.69, 9.17) is 21.1 Å². The molecule has 4 heterocycles. The molecule has 2 aromatic heterocycles. The highest BCUT2D eigenvalue weighted by atomic mass is 35.5. The molecule has 2 saturated carbocycles. The van der Waals surface area contributed by atoms with E-state index in [0.29, 0.717) is 38.5 Å². The lowest BCUT2D eigenvalue weighted by atomic mass is 10.0. The van der Waals surface area contributed by atoms with Crippen molar-refractivity contribution in [1.29, 1.82) is 0 Å². The van der Waals surface area contributed by atoms with Gasteiger partial charge in [0.05, 0.1) is 38.0 Å². The number of likely N-dealkylation sites (tertiary alicyclic amines) is 1. The molecule has 1 saturated heterocycles. The minimum atomic E-state index is -0.914. The van der Waals surface area contributed by atoms with Crippen LogP contribution >= 0.6 is 11.6 Å². The Morgan fingerprint density at radius 3 is 2.77 bits per heavy atom. The van der Waals surface area contributed by atoms with Gasteiger partial charge in [-0.25, -0.2) is 14.2 Å². The second kappa shape index (κ2) is 7.18. The fraction of sp³-hybridized carbons (Fsp3) is 0.545. The highest BCUT2D eigenvalue weighted by molar-refractivity contribution is 6.30. The van der Waals surface area contributed by atoms with Crippen molar-refractivity contribution in [3.63, 3.8) is 0 Å². The number of nitrogens with zero attached hydrogens (tertiary/aromatic N) is 3. The van der Waals surface area contributed by atoms with Crippen LogP contribution in [-0.4, -0.2) is 58.1 Å². The number of fused-ring (bicyclic) bond motifs is 5. The van der Waals surface area contributed by atoms with E-state index in [2.05, 4.69) is 9.55 Å². The van der Waals surface area contributed by atoms with Gasteiger partial charge in [0, 0.05) is 29.9 Å². The fourth-order valence-electron chi connectivity index (χ4n) is 5.74. The number of aromatic nitrogens is 2. The first kappa shape index (κ1) is 19.5. The van der Waals surface area contributed by atoms with Gasteiger partial charge in [0.1, 0.15) is 0 Å². The van der Waals surface area contributed by atoms with Crippen molar-refractivity contribution in [3.8, 4) is 0 Å². The summed E-state index contributed by atoms with van der Waals surface area (Å²) in [4.78, 5) is 17.4. The van der Waals surface area contributed by atoms with E-state index >= 15 is 4.39 Å². The van der Waals surface area contributed by atoms with Gasteiger partial charge in [-0.3, -0.25) is 0 Å². The zero-order chi connectivity index (χ0) is 21.3. The van der Waals surface area contributed by atoms with Crippen molar-refractivity contribution in [1.82, 2.24) is 14.5 Å². The summed E-state index contributed by atoms with van der Waals surface area (Å²) in [5.41, 5.74) is 2.54. The van der Waals surface area contributed by atoms with Crippen LogP contribution in [0.15, 0.2) is 18.3 Å². The van der Waals surface area contributed by atoms with Crippen LogP contribution in [0.25, 0.3) is 10.9 Å². The summed E-state index contributed by atoms with van der Waals surface area (Å²) in [5.74, 6) is -0.00526. The molecule has 7 nitrogen and oxygen atoms in total. The van der Waals surface area contributed by atoms with E-state index < -0.39 is 11.9 Å². The van der Waals surface area contributed by atoms with Gasteiger partial charge in [-0.2, -0.15) is 0 Å². The van der Waals surface area contributed by atoms with Crippen molar-refractivity contribution < 1.29 is 23.8 Å². The number of carbonyl (C=O) groups is 1. The van der Waals surface area contributed by atoms with E-state index in [0.717, 1.165) is 29.5 Å². The largest absolute Gasteiger partial charge is 0.465 e. The Hall–Kier alpha value is -2.16. The predicted octanol–water partition coefficient (Wildman–Crippen LogP) is 3.96. The lowest BCUT2D eigenvalue weighted by Crippen LogP contribution is -2.41. The first-order chi connectivity index (χ1) is 15.1. The lowest BCUT2D eigenvalue weighted by Gasteiger charge is -2.26. The van der Waals surface area contributed by atoms with Crippen LogP contribution in [0.3, 0.4) is 0 Å². The van der Waals surface area contributed by atoms with E-state index in [1.165, 1.54) is 4.90 Å². The van der Waals surface area contributed by atoms with Gasteiger partial charge >= 0.3 is 6.09 Å². The monoisotopic (exact) mass is 447 g/mol. The third kappa shape index (κ3) is 2.99. The molecule has 1 N–H and O–H groups in total. The number of pyridine rings is 1. The van der Waals surface area contributed by atoms with Gasteiger partial charge in [-0.15, -0.1) is 0 Å². The van der Waals surface area contributed by atoms with Crippen LogP contribution in [0.2, 0.25) is 5.15 Å². The fourth-order valence-corrected chi connectivity index (χ4v) is 5.88. The molecule has 0 aromatic carbocycles. The smallest absolute Gasteiger partial charge is 0.407 e. The summed E-state index contributed by atoms with van der Waals surface area (Å²) in [6, 6.07) is 0.0298. The number of halogens is 2. The minimum Gasteiger partial charge on any atom is -0.465 e. The van der Waals surface area contributed by atoms with Crippen LogP contribution in [0.4, 0.5) is 9.18 Å². The average Bonchev–Trinajstić information content (AvgIpc) is 3.64. The Labute approximate surface area is 183 Å². The Balaban J connectivity index is 1.51. The number of amides is 1. The molecule has 2 aliphatic heterocycles. The first-order valence-corrected chi connectivity index (χ1v) is 11.1. The molecule has 164 valence electrons. The number of rotatable bonds is 1. The maximum absolute atomic E-state index is 15.2. The zero-order valence-corrected chi connectivity index (χ0v) is 17.6. The summed E-state index contributed by atoms with van der Waals surface area (Å²) in [6.45, 7) is 2.04. The molecule has 4 aliphatic rings. The molecule has 4 unspecified atom stereocenters. The number of piperidine rings is 1. The number of hydrogen-bond acceptors (Lipinski definition) is 4. The standard InChI is InChI=1S/C22H23ClFN3O4/c23-21-19(24)20-12(7-25-21)16-15(27(20)11-3-4-11)10-31-6-2-1-5-30-9-14-17-13(18(16)17)8-26(14)22(28)29/h1-2,7,11,13-14,17-18H,3-6,8-10H2,(H,28,29)/b2-1+. The number of carboxylic acid groups (broad SMARTS) is 1. The van der Waals surface area contributed by atoms with Crippen molar-refractivity contribution in [2.45, 2.75) is 37.5 Å². The Morgan fingerprint density at radius 2 is 2.03 bits per heavy atom. The van der Waals surface area contributed by atoms with Crippen LogP contribution in [0.1, 0.15) is 36.1 Å². The van der Waals surface area contributed by atoms with Crippen LogP contribution in [0.5, 0.6) is 0 Å². The lowest BCUT2D eigenvalue weighted by molar-refractivity contribution is 0.0730. The van der Waals surface area contributed by atoms with Gasteiger partial charge in [0.25, 0.3) is 0 Å². The van der Waals surface area contributed by atoms with Crippen molar-refractivity contribution in [2.24, 2.45) is 11.8 Å². The van der Waals surface area contributed by atoms with E-state index in [9.17, 15) is 9.90 Å². The quantitative estimate of drug-likeness (QED) is 0.529. The summed E-state index contributed by atoms with van der Waals surface area (Å²) >= 11 is 6.06. The molecule has 2 aliphatic carbocycles. The predicted molar refractivity (Wildman–Crippen MR) is 111 cm³/mol. The van der Waals surface area contributed by atoms with Gasteiger partial charge in [-0.1, -0.05) is 23.8 Å². The minimum absolute atomic E-state index is 0.123. The van der Waals surface area contributed by atoms with E-state index in [1.807, 2.05) is 12.2 Å². The SMILES string of the molecule is O=C(O)N1CC2C3c4c(n(C5CC5)c5c(F)c(Cl)ncc45)COC/C=C/COCC1C23. The molecule has 6 rings (SSSR count). The molecule has 0 bridgehead atoms. The molecule has 2 aromatic rings. The Morgan fingerprint density at radius 1 is 1.26 bits per heavy atom. The molecule has 1 amide bonds. The summed E-state index contributed by atoms with van der Waals surface area (Å²) in [6.07, 6.45) is 6.54. The normalized spacial score (nSPS) is 31.4. The first-order valence-electron chi connectivity index (χ1n) is 10.7. The van der Waals surface area contributed by atoms with Gasteiger partial charge in [-0.05, 0) is 36.2 Å². The average molecular weight is 448 g/mol. The van der Waals surface area contributed by atoms with Gasteiger partial charge in [0.2, 0.25) is 0 Å². The summed E-state index contributed by atoms with van der Waals surface area (Å²) < 4.78 is 29.0. The Bertz CT molecular complexity index is 1100. The Kier molecular flexibility index (Phi) is 4.52. The molecule has 31 heavy (non-hydrogen) atoms. The molecule has 0 radical (unpaired) electrons. The second-order valence-electron chi connectivity index (χ2n) is 8.88. The summed E-state index contributed by atoms with van der Waals surface area (Å²) in [7, 11) is 0. The van der Waals surface area contributed by atoms with E-state index in [-0.39, 0.29) is 35.0 Å². The highest BCUT2D eigenvalue weighted by Gasteiger charge is 2.64. The molecule has 0 spiro atoms. The van der Waals surface area contributed by atoms with Crippen LogP contribution in [0, 0.1) is 17.7 Å². The highest BCUT2D eigenvalue weighted by Crippen LogP contribution is 2.64. The van der Waals surface area contributed by atoms with Crippen molar-refractivity contribution in [2.75, 3.05) is 26.4 Å². The molecular formula is C22H23ClFN3O4. The number of ether oxygens (including phenoxy) is 2. The molecule has 4 atom stereocenters. The second-order valence-corrected chi connectivity index (χ2v) is 9.24. The molecule has 9 heteroatoms. The van der Waals surface area contributed by atoms with E-state index in [1.54, 1.807) is 6.20 Å². The summed E-state index contributed by atoms with van der Waals surface area (Å²) in [5, 5.41) is 10.3. The third-order valence-corrected chi connectivity index (χ3v) is 7.44. The molecule has 3 fully saturated rings. The van der Waals surface area contributed by atoms with Crippen molar-refractivity contribution in [3.05, 3.63) is 40.6 Å². The van der Waals surface area contributed by atoms with Gasteiger partial charge in [0.15, 0.2) is 11.0 Å².